The van der Waals surface area contributed by atoms with E-state index in [1.54, 1.807) is 7.11 Å². The van der Waals surface area contributed by atoms with Gasteiger partial charge in [-0.2, -0.15) is 0 Å². The maximum absolute atomic E-state index is 13.1. The van der Waals surface area contributed by atoms with Crippen molar-refractivity contribution in [3.05, 3.63) is 51.6 Å². The van der Waals surface area contributed by atoms with Crippen LogP contribution in [0.4, 0.5) is 17.1 Å². The minimum atomic E-state index is -0.611. The zero-order chi connectivity index (χ0) is 25.1. The van der Waals surface area contributed by atoms with Gasteiger partial charge in [-0.25, -0.2) is 0 Å². The molecule has 0 radical (unpaired) electrons. The summed E-state index contributed by atoms with van der Waals surface area (Å²) >= 11 is 0. The number of aryl methyl sites for hydroxylation is 1. The summed E-state index contributed by atoms with van der Waals surface area (Å²) < 4.78 is 5.63. The molecule has 35 heavy (non-hydrogen) atoms. The van der Waals surface area contributed by atoms with E-state index in [9.17, 15) is 20.0 Å². The molecule has 1 unspecified atom stereocenters. The monoisotopic (exact) mass is 482 g/mol. The number of amides is 1. The molecule has 9 nitrogen and oxygen atoms in total. The minimum absolute atomic E-state index is 0.102. The summed E-state index contributed by atoms with van der Waals surface area (Å²) in [6.07, 6.45) is 3.21. The summed E-state index contributed by atoms with van der Waals surface area (Å²) in [6.45, 7) is 6.90. The number of likely N-dealkylation sites (tertiary alicyclic amines) is 1. The van der Waals surface area contributed by atoms with Gasteiger partial charge in [0.2, 0.25) is 5.91 Å². The van der Waals surface area contributed by atoms with Crippen LogP contribution in [-0.4, -0.2) is 53.6 Å². The number of piperidine rings is 1. The van der Waals surface area contributed by atoms with E-state index >= 15 is 0 Å². The van der Waals surface area contributed by atoms with Gasteiger partial charge < -0.3 is 25.4 Å². The third-order valence-electron chi connectivity index (χ3n) is 7.27. The number of ether oxygens (including phenoxy) is 1. The zero-order valence-electron chi connectivity index (χ0n) is 20.5. The molecule has 188 valence electrons. The van der Waals surface area contributed by atoms with Gasteiger partial charge in [-0.1, -0.05) is 0 Å². The van der Waals surface area contributed by atoms with Crippen LogP contribution in [0.5, 0.6) is 11.5 Å². The lowest BCUT2D eigenvalue weighted by molar-refractivity contribution is -0.385. The number of carbonyl (C=O) groups is 1. The fraction of sp³-hybridized carbons (Fsp3) is 0.500. The SMILES string of the molecule is COc1ccc(NC(=O)C2CCc3cc(O)c([N+](=O)[O-])cc3NC2)cc1C1CCN(C(C)C)CC1. The van der Waals surface area contributed by atoms with Crippen LogP contribution in [0.25, 0.3) is 0 Å². The molecule has 1 amide bonds. The Balaban J connectivity index is 1.44. The van der Waals surface area contributed by atoms with E-state index in [-0.39, 0.29) is 23.3 Å². The number of fused-ring (bicyclic) bond motifs is 1. The molecule has 0 saturated carbocycles. The van der Waals surface area contributed by atoms with Gasteiger partial charge in [0.1, 0.15) is 5.75 Å². The molecule has 4 rings (SSSR count). The first-order valence-electron chi connectivity index (χ1n) is 12.2. The number of nitrogens with one attached hydrogen (secondary N) is 2. The van der Waals surface area contributed by atoms with Crippen molar-refractivity contribution in [3.8, 4) is 11.5 Å². The molecular formula is C26H34N4O5. The standard InChI is InChI=1S/C26H34N4O5/c1-16(2)29-10-8-17(9-11-29)21-13-20(6-7-25(21)35-3)28-26(32)19-5-4-18-12-24(31)23(30(33)34)14-22(18)27-15-19/h6-7,12-14,16-17,19,27,31H,4-5,8-11,15H2,1-3H3,(H,28,32). The van der Waals surface area contributed by atoms with Crippen LogP contribution in [-0.2, 0) is 11.2 Å². The Bertz CT molecular complexity index is 1100. The zero-order valence-corrected chi connectivity index (χ0v) is 20.5. The first-order valence-corrected chi connectivity index (χ1v) is 12.2. The number of nitro benzene ring substituents is 1. The van der Waals surface area contributed by atoms with Crippen molar-refractivity contribution in [1.29, 1.82) is 0 Å². The summed E-state index contributed by atoms with van der Waals surface area (Å²) in [6, 6.07) is 9.11. The topological polar surface area (TPSA) is 117 Å². The second-order valence-corrected chi connectivity index (χ2v) is 9.72. The van der Waals surface area contributed by atoms with Crippen LogP contribution >= 0.6 is 0 Å². The van der Waals surface area contributed by atoms with Crippen LogP contribution < -0.4 is 15.4 Å². The Morgan fingerprint density at radius 1 is 1.23 bits per heavy atom. The predicted octanol–water partition coefficient (Wildman–Crippen LogP) is 4.51. The Kier molecular flexibility index (Phi) is 7.45. The van der Waals surface area contributed by atoms with Crippen molar-refractivity contribution in [2.75, 3.05) is 37.4 Å². The molecule has 0 aliphatic carbocycles. The molecule has 2 aliphatic heterocycles. The lowest BCUT2D eigenvalue weighted by atomic mass is 9.88. The Morgan fingerprint density at radius 2 is 1.97 bits per heavy atom. The van der Waals surface area contributed by atoms with Crippen LogP contribution in [0.1, 0.15) is 50.2 Å². The molecule has 2 aromatic rings. The summed E-state index contributed by atoms with van der Waals surface area (Å²) in [4.78, 5) is 26.1. The number of hydrogen-bond donors (Lipinski definition) is 3. The molecule has 1 fully saturated rings. The largest absolute Gasteiger partial charge is 0.502 e. The number of phenolic OH excluding ortho intramolecular Hbond substituents is 1. The van der Waals surface area contributed by atoms with Crippen LogP contribution in [0.3, 0.4) is 0 Å². The predicted molar refractivity (Wildman–Crippen MR) is 135 cm³/mol. The first-order chi connectivity index (χ1) is 16.8. The second kappa shape index (κ2) is 10.5. The summed E-state index contributed by atoms with van der Waals surface area (Å²) in [5.74, 6) is 0.454. The molecule has 9 heteroatoms. The van der Waals surface area contributed by atoms with Gasteiger partial charge in [-0.05, 0) is 93.9 Å². The molecule has 1 saturated heterocycles. The molecule has 0 bridgehead atoms. The normalized spacial score (nSPS) is 18.9. The fourth-order valence-electron chi connectivity index (χ4n) is 5.13. The van der Waals surface area contributed by atoms with Gasteiger partial charge in [0.05, 0.1) is 18.0 Å². The maximum Gasteiger partial charge on any atom is 0.312 e. The molecule has 2 heterocycles. The Morgan fingerprint density at radius 3 is 2.63 bits per heavy atom. The van der Waals surface area contributed by atoms with Crippen LogP contribution in [0.2, 0.25) is 0 Å². The van der Waals surface area contributed by atoms with E-state index in [0.29, 0.717) is 37.0 Å². The smallest absolute Gasteiger partial charge is 0.312 e. The third-order valence-corrected chi connectivity index (χ3v) is 7.27. The van der Waals surface area contributed by atoms with Gasteiger partial charge in [0, 0.05) is 30.0 Å². The van der Waals surface area contributed by atoms with Crippen LogP contribution in [0.15, 0.2) is 30.3 Å². The number of benzene rings is 2. The number of nitrogens with zero attached hydrogens (tertiary/aromatic N) is 2. The van der Waals surface area contributed by atoms with Gasteiger partial charge in [0.25, 0.3) is 0 Å². The average molecular weight is 483 g/mol. The van der Waals surface area contributed by atoms with E-state index < -0.39 is 4.92 Å². The molecule has 0 spiro atoms. The van der Waals surface area contributed by atoms with Crippen molar-refractivity contribution in [1.82, 2.24) is 4.90 Å². The summed E-state index contributed by atoms with van der Waals surface area (Å²) in [7, 11) is 1.68. The van der Waals surface area contributed by atoms with E-state index in [0.717, 1.165) is 48.5 Å². The highest BCUT2D eigenvalue weighted by Gasteiger charge is 2.27. The number of carbonyl (C=O) groups excluding carboxylic acids is 1. The quantitative estimate of drug-likeness (QED) is 0.315. The maximum atomic E-state index is 13.1. The van der Waals surface area contributed by atoms with Crippen molar-refractivity contribution in [3.63, 3.8) is 0 Å². The number of rotatable bonds is 6. The highest BCUT2D eigenvalue weighted by Crippen LogP contribution is 2.37. The molecule has 1 atom stereocenters. The fourth-order valence-corrected chi connectivity index (χ4v) is 5.13. The molecule has 2 aromatic carbocycles. The Hall–Kier alpha value is -3.33. The van der Waals surface area contributed by atoms with Crippen LogP contribution in [0, 0.1) is 16.0 Å². The van der Waals surface area contributed by atoms with Crippen molar-refractivity contribution < 1.29 is 19.6 Å². The summed E-state index contributed by atoms with van der Waals surface area (Å²) in [5.41, 5.74) is 2.88. The molecule has 0 aromatic heterocycles. The van der Waals surface area contributed by atoms with Crippen molar-refractivity contribution in [2.24, 2.45) is 5.92 Å². The lowest BCUT2D eigenvalue weighted by Crippen LogP contribution is -2.37. The molecule has 2 aliphatic rings. The minimum Gasteiger partial charge on any atom is -0.502 e. The highest BCUT2D eigenvalue weighted by atomic mass is 16.6. The number of phenols is 1. The van der Waals surface area contributed by atoms with Gasteiger partial charge in [-0.15, -0.1) is 0 Å². The second-order valence-electron chi connectivity index (χ2n) is 9.72. The number of anilines is 2. The lowest BCUT2D eigenvalue weighted by Gasteiger charge is -2.35. The van der Waals surface area contributed by atoms with Crippen molar-refractivity contribution in [2.45, 2.75) is 51.5 Å². The van der Waals surface area contributed by atoms with E-state index in [2.05, 4.69) is 29.4 Å². The Labute approximate surface area is 205 Å². The van der Waals surface area contributed by atoms with Gasteiger partial charge in [-0.3, -0.25) is 14.9 Å². The first kappa shape index (κ1) is 24.8. The van der Waals surface area contributed by atoms with Crippen molar-refractivity contribution >= 4 is 23.0 Å². The number of methoxy groups -OCH3 is 1. The number of nitro groups is 1. The highest BCUT2D eigenvalue weighted by molar-refractivity contribution is 5.93. The van der Waals surface area contributed by atoms with Gasteiger partial charge >= 0.3 is 5.69 Å². The van der Waals surface area contributed by atoms with E-state index in [4.69, 9.17) is 4.74 Å². The van der Waals surface area contributed by atoms with Gasteiger partial charge in [0.15, 0.2) is 5.75 Å². The molecule has 3 N–H and O–H groups in total. The van der Waals surface area contributed by atoms with E-state index in [1.165, 1.54) is 12.1 Å². The average Bonchev–Trinajstić information content (AvgIpc) is 3.05. The number of aromatic hydroxyl groups is 1. The molecular weight excluding hydrogens is 448 g/mol. The number of hydrogen-bond acceptors (Lipinski definition) is 7. The third kappa shape index (κ3) is 5.51. The van der Waals surface area contributed by atoms with E-state index in [1.807, 2.05) is 18.2 Å². The summed E-state index contributed by atoms with van der Waals surface area (Å²) in [5, 5.41) is 27.3.